The molecule has 0 unspecified atom stereocenters. The molecule has 0 aromatic heterocycles. The quantitative estimate of drug-likeness (QED) is 0.615. The maximum atomic E-state index is 12.2. The van der Waals surface area contributed by atoms with Crippen LogP contribution in [-0.2, 0) is 19.1 Å². The molecule has 0 saturated carbocycles. The zero-order valence-electron chi connectivity index (χ0n) is 15.0. The zero-order valence-corrected chi connectivity index (χ0v) is 15.8. The number of halogens is 1. The molecule has 1 aliphatic rings. The monoisotopic (exact) mass is 400 g/mol. The predicted molar refractivity (Wildman–Crippen MR) is 103 cm³/mol. The van der Waals surface area contributed by atoms with Crippen molar-refractivity contribution in [3.05, 3.63) is 58.6 Å². The number of nitrogens with zero attached hydrogens (tertiary/aromatic N) is 1. The van der Waals surface area contributed by atoms with Gasteiger partial charge in [-0.2, -0.15) is 0 Å². The lowest BCUT2D eigenvalue weighted by molar-refractivity contribution is -0.121. The van der Waals surface area contributed by atoms with Gasteiger partial charge in [0.05, 0.1) is 11.3 Å². The highest BCUT2D eigenvalue weighted by Crippen LogP contribution is 2.24. The number of hydrogen-bond donors (Lipinski definition) is 1. The van der Waals surface area contributed by atoms with E-state index in [0.717, 1.165) is 10.5 Å². The van der Waals surface area contributed by atoms with Gasteiger partial charge in [0.15, 0.2) is 6.61 Å². The fourth-order valence-corrected chi connectivity index (χ4v) is 2.94. The molecular weight excluding hydrogens is 384 g/mol. The Bertz CT molecular complexity index is 957. The maximum Gasteiger partial charge on any atom is 0.338 e. The van der Waals surface area contributed by atoms with Gasteiger partial charge in [-0.05, 0) is 42.8 Å². The van der Waals surface area contributed by atoms with Gasteiger partial charge in [0.25, 0.3) is 5.91 Å². The molecule has 1 aliphatic heterocycles. The molecule has 0 bridgehead atoms. The number of anilines is 2. The first-order chi connectivity index (χ1) is 13.3. The number of amides is 3. The number of nitrogens with one attached hydrogen (secondary N) is 1. The van der Waals surface area contributed by atoms with Crippen LogP contribution < -0.4 is 10.2 Å². The zero-order chi connectivity index (χ0) is 20.3. The molecule has 1 saturated heterocycles. The Morgan fingerprint density at radius 1 is 1.11 bits per heavy atom. The van der Waals surface area contributed by atoms with Crippen molar-refractivity contribution in [3.63, 3.8) is 0 Å². The van der Waals surface area contributed by atoms with Gasteiger partial charge < -0.3 is 10.1 Å². The van der Waals surface area contributed by atoms with Crippen LogP contribution in [0.1, 0.15) is 28.8 Å². The number of esters is 1. The van der Waals surface area contributed by atoms with Crippen molar-refractivity contribution in [3.8, 4) is 0 Å². The Morgan fingerprint density at radius 2 is 1.82 bits per heavy atom. The molecule has 0 atom stereocenters. The van der Waals surface area contributed by atoms with Gasteiger partial charge in [-0.1, -0.05) is 23.7 Å². The van der Waals surface area contributed by atoms with E-state index >= 15 is 0 Å². The molecule has 7 nitrogen and oxygen atoms in total. The van der Waals surface area contributed by atoms with E-state index in [1.807, 2.05) is 6.92 Å². The Kier molecular flexibility index (Phi) is 5.75. The molecule has 3 amide bonds. The maximum absolute atomic E-state index is 12.2. The number of rotatable bonds is 5. The minimum atomic E-state index is -0.737. The van der Waals surface area contributed by atoms with Gasteiger partial charge in [0, 0.05) is 23.6 Å². The van der Waals surface area contributed by atoms with Crippen LogP contribution in [0.2, 0.25) is 5.02 Å². The first-order valence-corrected chi connectivity index (χ1v) is 8.92. The second-order valence-corrected chi connectivity index (χ2v) is 6.69. The lowest BCUT2D eigenvalue weighted by Crippen LogP contribution is -2.28. The number of ether oxygens (including phenoxy) is 1. The molecule has 1 fully saturated rings. The Balaban J connectivity index is 1.63. The topological polar surface area (TPSA) is 92.8 Å². The van der Waals surface area contributed by atoms with E-state index in [2.05, 4.69) is 5.32 Å². The van der Waals surface area contributed by atoms with Crippen molar-refractivity contribution in [2.24, 2.45) is 0 Å². The van der Waals surface area contributed by atoms with Gasteiger partial charge in [-0.15, -0.1) is 0 Å². The van der Waals surface area contributed by atoms with E-state index in [-0.39, 0.29) is 30.2 Å². The number of carbonyl (C=O) groups is 4. The highest BCUT2D eigenvalue weighted by atomic mass is 35.5. The number of carbonyl (C=O) groups excluding carboxylic acids is 4. The summed E-state index contributed by atoms with van der Waals surface area (Å²) in [6, 6.07) is 11.0. The Morgan fingerprint density at radius 3 is 2.54 bits per heavy atom. The largest absolute Gasteiger partial charge is 0.452 e. The van der Waals surface area contributed by atoms with Crippen LogP contribution in [0.4, 0.5) is 11.4 Å². The Labute approximate surface area is 166 Å². The summed E-state index contributed by atoms with van der Waals surface area (Å²) in [7, 11) is 0. The van der Waals surface area contributed by atoms with Crippen molar-refractivity contribution in [1.29, 1.82) is 0 Å². The van der Waals surface area contributed by atoms with Crippen LogP contribution in [0.25, 0.3) is 0 Å². The van der Waals surface area contributed by atoms with Gasteiger partial charge >= 0.3 is 5.97 Å². The van der Waals surface area contributed by atoms with E-state index in [1.165, 1.54) is 12.1 Å². The van der Waals surface area contributed by atoms with Crippen LogP contribution in [0.3, 0.4) is 0 Å². The fourth-order valence-electron chi connectivity index (χ4n) is 2.77. The summed E-state index contributed by atoms with van der Waals surface area (Å²) < 4.78 is 5.03. The second kappa shape index (κ2) is 8.22. The molecule has 28 heavy (non-hydrogen) atoms. The predicted octanol–water partition coefficient (Wildman–Crippen LogP) is 3.10. The van der Waals surface area contributed by atoms with Gasteiger partial charge in [-0.25, -0.2) is 4.79 Å². The third-order valence-electron chi connectivity index (χ3n) is 4.20. The smallest absolute Gasteiger partial charge is 0.338 e. The lowest BCUT2D eigenvalue weighted by Gasteiger charge is -2.14. The third-order valence-corrected chi connectivity index (χ3v) is 4.43. The molecule has 144 valence electrons. The lowest BCUT2D eigenvalue weighted by atomic mass is 10.2. The minimum Gasteiger partial charge on any atom is -0.452 e. The van der Waals surface area contributed by atoms with Crippen LogP contribution in [0, 0.1) is 6.92 Å². The molecule has 3 rings (SSSR count). The highest BCUT2D eigenvalue weighted by Gasteiger charge is 2.30. The summed E-state index contributed by atoms with van der Waals surface area (Å²) in [5, 5.41) is 3.10. The molecule has 0 radical (unpaired) electrons. The Hall–Kier alpha value is -3.19. The summed E-state index contributed by atoms with van der Waals surface area (Å²) >= 11 is 5.91. The minimum absolute atomic E-state index is 0.136. The van der Waals surface area contributed by atoms with Crippen molar-refractivity contribution < 1.29 is 23.9 Å². The average molecular weight is 401 g/mol. The molecule has 8 heteroatoms. The standard InChI is InChI=1S/C20H17ClN2O5/c1-12-5-6-14(21)10-16(12)22-17(24)11-28-20(27)13-3-2-4-15(9-13)23-18(25)7-8-19(23)26/h2-6,9-10H,7-8,11H2,1H3,(H,22,24). The van der Waals surface area contributed by atoms with Crippen LogP contribution in [0.15, 0.2) is 42.5 Å². The number of hydrogen-bond acceptors (Lipinski definition) is 5. The van der Waals surface area contributed by atoms with Crippen molar-refractivity contribution in [1.82, 2.24) is 0 Å². The van der Waals surface area contributed by atoms with E-state index in [0.29, 0.717) is 16.4 Å². The summed E-state index contributed by atoms with van der Waals surface area (Å²) in [5.74, 6) is -1.88. The van der Waals surface area contributed by atoms with Gasteiger partial charge in [-0.3, -0.25) is 19.3 Å². The van der Waals surface area contributed by atoms with E-state index in [9.17, 15) is 19.2 Å². The van der Waals surface area contributed by atoms with E-state index < -0.39 is 18.5 Å². The molecule has 2 aromatic carbocycles. The summed E-state index contributed by atoms with van der Waals surface area (Å²) in [4.78, 5) is 49.0. The summed E-state index contributed by atoms with van der Waals surface area (Å²) in [6.07, 6.45) is 0.299. The van der Waals surface area contributed by atoms with Crippen molar-refractivity contribution in [2.75, 3.05) is 16.8 Å². The SMILES string of the molecule is Cc1ccc(Cl)cc1NC(=O)COC(=O)c1cccc(N2C(=O)CCC2=O)c1. The first-order valence-electron chi connectivity index (χ1n) is 8.54. The summed E-state index contributed by atoms with van der Waals surface area (Å²) in [6.45, 7) is 1.32. The van der Waals surface area contributed by atoms with Crippen LogP contribution >= 0.6 is 11.6 Å². The normalized spacial score (nSPS) is 13.6. The fraction of sp³-hybridized carbons (Fsp3) is 0.200. The third kappa shape index (κ3) is 4.37. The molecular formula is C20H17ClN2O5. The first kappa shape index (κ1) is 19.6. The molecule has 1 heterocycles. The van der Waals surface area contributed by atoms with Crippen molar-refractivity contribution in [2.45, 2.75) is 19.8 Å². The van der Waals surface area contributed by atoms with E-state index in [4.69, 9.17) is 16.3 Å². The average Bonchev–Trinajstić information content (AvgIpc) is 3.01. The molecule has 2 aromatic rings. The van der Waals surface area contributed by atoms with Gasteiger partial charge in [0.1, 0.15) is 0 Å². The molecule has 0 spiro atoms. The van der Waals surface area contributed by atoms with Crippen LogP contribution in [-0.4, -0.2) is 30.3 Å². The molecule has 1 N–H and O–H groups in total. The number of aryl methyl sites for hydroxylation is 1. The van der Waals surface area contributed by atoms with Crippen molar-refractivity contribution >= 4 is 46.7 Å². The molecule has 0 aliphatic carbocycles. The van der Waals surface area contributed by atoms with Crippen LogP contribution in [0.5, 0.6) is 0 Å². The highest BCUT2D eigenvalue weighted by molar-refractivity contribution is 6.31. The number of benzene rings is 2. The second-order valence-electron chi connectivity index (χ2n) is 6.26. The number of imide groups is 1. The summed E-state index contributed by atoms with van der Waals surface area (Å²) in [5.41, 5.74) is 1.79. The van der Waals surface area contributed by atoms with Gasteiger partial charge in [0.2, 0.25) is 11.8 Å². The van der Waals surface area contributed by atoms with E-state index in [1.54, 1.807) is 30.3 Å².